The summed E-state index contributed by atoms with van der Waals surface area (Å²) in [7, 11) is 1.58. The van der Waals surface area contributed by atoms with Crippen LogP contribution >= 0.6 is 11.5 Å². The highest BCUT2D eigenvalue weighted by Crippen LogP contribution is 2.27. The van der Waals surface area contributed by atoms with E-state index in [1.54, 1.807) is 23.2 Å². The monoisotopic (exact) mass is 667 g/mol. The number of carbonyl (C=O) groups excluding carboxylic acids is 1. The third kappa shape index (κ3) is 7.98. The lowest BCUT2D eigenvalue weighted by atomic mass is 10.0. The number of ether oxygens (including phenoxy) is 2. The quantitative estimate of drug-likeness (QED) is 0.200. The van der Waals surface area contributed by atoms with E-state index < -0.39 is 12.4 Å². The largest absolute Gasteiger partial charge is 0.573 e. The molecule has 15 heteroatoms. The van der Waals surface area contributed by atoms with Crippen LogP contribution < -0.4 is 25.3 Å². The number of hydrogen-bond donors (Lipinski definition) is 1. The lowest BCUT2D eigenvalue weighted by Crippen LogP contribution is -2.31. The maximum Gasteiger partial charge on any atom is 0.573 e. The summed E-state index contributed by atoms with van der Waals surface area (Å²) in [6.07, 6.45) is -2.77. The zero-order chi connectivity index (χ0) is 33.7. The molecule has 5 aromatic rings. The Bertz CT molecular complexity index is 1980. The maximum atomic E-state index is 13.3. The number of urea groups is 1. The summed E-state index contributed by atoms with van der Waals surface area (Å²) in [4.78, 5) is 34.9. The van der Waals surface area contributed by atoms with Crippen molar-refractivity contribution in [1.29, 1.82) is 0 Å². The number of halogens is 3. The van der Waals surface area contributed by atoms with Crippen molar-refractivity contribution in [2.24, 2.45) is 4.99 Å². The van der Waals surface area contributed by atoms with E-state index in [-0.39, 0.29) is 22.2 Å². The van der Waals surface area contributed by atoms with Gasteiger partial charge in [-0.1, -0.05) is 38.1 Å². The minimum absolute atomic E-state index is 0.0871. The summed E-state index contributed by atoms with van der Waals surface area (Å²) in [5.74, 6) is 0.866. The standard InChI is InChI=1S/C32H32F3N7O4S/c1-5-41-31(44)42(27-15-14-25(45-4)18-26(27)20(2)3)30(47-41)38-29(43)36-17-16-21-6-8-22(9-7-21)28-37-19-40(39-28)23-10-12-24(13-11-23)46-32(33,34)35/h6-15,18-20H,5,16-17H2,1-4H3,(H,36,43)/b38-30-. The first kappa shape index (κ1) is 33.2. The van der Waals surface area contributed by atoms with Crippen LogP contribution in [-0.2, 0) is 13.0 Å². The van der Waals surface area contributed by atoms with E-state index in [1.807, 2.05) is 51.1 Å². The second-order valence-electron chi connectivity index (χ2n) is 10.6. The van der Waals surface area contributed by atoms with Crippen LogP contribution in [0.5, 0.6) is 11.5 Å². The number of carbonyl (C=O) groups is 1. The van der Waals surface area contributed by atoms with Crippen molar-refractivity contribution in [3.63, 3.8) is 0 Å². The first-order valence-electron chi connectivity index (χ1n) is 14.7. The van der Waals surface area contributed by atoms with E-state index in [4.69, 9.17) is 4.74 Å². The molecular formula is C32H32F3N7O4S. The zero-order valence-corrected chi connectivity index (χ0v) is 26.8. The predicted octanol–water partition coefficient (Wildman–Crippen LogP) is 5.85. The highest BCUT2D eigenvalue weighted by Gasteiger charge is 2.31. The van der Waals surface area contributed by atoms with Gasteiger partial charge in [0.05, 0.1) is 18.5 Å². The molecule has 0 saturated carbocycles. The first-order valence-corrected chi connectivity index (χ1v) is 15.4. The van der Waals surface area contributed by atoms with Gasteiger partial charge in [0, 0.05) is 18.7 Å². The van der Waals surface area contributed by atoms with Gasteiger partial charge in [0.25, 0.3) is 0 Å². The number of nitrogens with zero attached hydrogens (tertiary/aromatic N) is 6. The van der Waals surface area contributed by atoms with E-state index in [0.717, 1.165) is 28.2 Å². The average Bonchev–Trinajstić information content (AvgIpc) is 3.65. The minimum Gasteiger partial charge on any atom is -0.497 e. The van der Waals surface area contributed by atoms with Crippen LogP contribution in [0.25, 0.3) is 22.8 Å². The van der Waals surface area contributed by atoms with Gasteiger partial charge in [-0.15, -0.1) is 18.3 Å². The van der Waals surface area contributed by atoms with E-state index in [2.05, 4.69) is 25.1 Å². The van der Waals surface area contributed by atoms with Crippen LogP contribution in [0.4, 0.5) is 18.0 Å². The molecule has 0 atom stereocenters. The fraction of sp³-hybridized carbons (Fsp3) is 0.281. The van der Waals surface area contributed by atoms with Crippen LogP contribution in [-0.4, -0.2) is 49.3 Å². The predicted molar refractivity (Wildman–Crippen MR) is 170 cm³/mol. The third-order valence-corrected chi connectivity index (χ3v) is 8.17. The average molecular weight is 668 g/mol. The molecule has 0 aliphatic rings. The normalized spacial score (nSPS) is 12.0. The summed E-state index contributed by atoms with van der Waals surface area (Å²) in [5.41, 5.74) is 3.47. The van der Waals surface area contributed by atoms with Crippen molar-refractivity contribution in [3.8, 4) is 34.3 Å². The first-order chi connectivity index (χ1) is 22.5. The van der Waals surface area contributed by atoms with Gasteiger partial charge in [-0.3, -0.25) is 0 Å². The van der Waals surface area contributed by atoms with Gasteiger partial charge in [-0.25, -0.2) is 27.8 Å². The lowest BCUT2D eigenvalue weighted by Gasteiger charge is -2.14. The smallest absolute Gasteiger partial charge is 0.497 e. The number of amides is 2. The minimum atomic E-state index is -4.76. The lowest BCUT2D eigenvalue weighted by molar-refractivity contribution is -0.274. The molecule has 0 aliphatic carbocycles. The molecule has 2 amide bonds. The van der Waals surface area contributed by atoms with Gasteiger partial charge in [0.1, 0.15) is 17.8 Å². The Hall–Kier alpha value is -5.18. The molecule has 2 aromatic heterocycles. The molecule has 0 saturated heterocycles. The van der Waals surface area contributed by atoms with E-state index in [9.17, 15) is 22.8 Å². The molecule has 5 rings (SSSR count). The van der Waals surface area contributed by atoms with Crippen LogP contribution in [0.1, 0.15) is 37.8 Å². The second-order valence-corrected chi connectivity index (χ2v) is 11.6. The SMILES string of the molecule is CCn1s/c(=N\C(=O)NCCc2ccc(-c3ncn(-c4ccc(OC(F)(F)F)cc4)n3)cc2)n(-c2ccc(OC)cc2C(C)C)c1=O. The molecule has 1 N–H and O–H groups in total. The number of rotatable bonds is 10. The Morgan fingerprint density at radius 3 is 2.38 bits per heavy atom. The topological polar surface area (TPSA) is 118 Å². The van der Waals surface area contributed by atoms with Gasteiger partial charge in [0.15, 0.2) is 5.82 Å². The van der Waals surface area contributed by atoms with Crippen LogP contribution in [0, 0.1) is 0 Å². The molecule has 11 nitrogen and oxygen atoms in total. The fourth-order valence-electron chi connectivity index (χ4n) is 4.75. The molecule has 2 heterocycles. The number of nitrogens with one attached hydrogen (secondary N) is 1. The molecule has 47 heavy (non-hydrogen) atoms. The van der Waals surface area contributed by atoms with Crippen molar-refractivity contribution in [2.45, 2.75) is 46.0 Å². The molecule has 0 fully saturated rings. The molecule has 246 valence electrons. The molecule has 0 aliphatic heterocycles. The highest BCUT2D eigenvalue weighted by atomic mass is 32.1. The highest BCUT2D eigenvalue weighted by molar-refractivity contribution is 7.03. The number of methoxy groups -OCH3 is 1. The van der Waals surface area contributed by atoms with Gasteiger partial charge < -0.3 is 14.8 Å². The maximum absolute atomic E-state index is 13.3. The number of aromatic nitrogens is 5. The summed E-state index contributed by atoms with van der Waals surface area (Å²) in [5, 5.41) is 7.22. The summed E-state index contributed by atoms with van der Waals surface area (Å²) in [6, 6.07) is 17.7. The van der Waals surface area contributed by atoms with Gasteiger partial charge in [0.2, 0.25) is 4.80 Å². The van der Waals surface area contributed by atoms with Crippen LogP contribution in [0.3, 0.4) is 0 Å². The molecule has 0 radical (unpaired) electrons. The zero-order valence-electron chi connectivity index (χ0n) is 26.0. The Morgan fingerprint density at radius 1 is 1.04 bits per heavy atom. The Balaban J connectivity index is 1.24. The van der Waals surface area contributed by atoms with Crippen LogP contribution in [0.2, 0.25) is 0 Å². The van der Waals surface area contributed by atoms with Gasteiger partial charge in [-0.2, -0.15) is 4.99 Å². The molecular weight excluding hydrogens is 635 g/mol. The molecule has 0 unspecified atom stereocenters. The number of benzene rings is 3. The molecule has 3 aromatic carbocycles. The number of alkyl halides is 3. The van der Waals surface area contributed by atoms with Crippen molar-refractivity contribution in [3.05, 3.63) is 99.5 Å². The van der Waals surface area contributed by atoms with E-state index in [1.165, 1.54) is 39.8 Å². The van der Waals surface area contributed by atoms with Gasteiger partial charge in [-0.05, 0) is 84.4 Å². The van der Waals surface area contributed by atoms with E-state index in [0.29, 0.717) is 42.5 Å². The number of hydrogen-bond acceptors (Lipinski definition) is 7. The van der Waals surface area contributed by atoms with Crippen molar-refractivity contribution >= 4 is 17.6 Å². The Morgan fingerprint density at radius 2 is 1.74 bits per heavy atom. The van der Waals surface area contributed by atoms with Crippen molar-refractivity contribution in [1.82, 2.24) is 28.6 Å². The Labute approximate surface area is 271 Å². The fourth-order valence-corrected chi connectivity index (χ4v) is 5.62. The van der Waals surface area contributed by atoms with Crippen molar-refractivity contribution < 1.29 is 27.4 Å². The summed E-state index contributed by atoms with van der Waals surface area (Å²) < 4.78 is 51.0. The summed E-state index contributed by atoms with van der Waals surface area (Å²) >= 11 is 1.12. The van der Waals surface area contributed by atoms with Gasteiger partial charge >= 0.3 is 18.1 Å². The second kappa shape index (κ2) is 14.1. The Kier molecular flexibility index (Phi) is 9.94. The number of aryl methyl sites for hydroxylation is 1. The van der Waals surface area contributed by atoms with Crippen LogP contribution in [0.15, 0.2) is 82.8 Å². The van der Waals surface area contributed by atoms with Crippen molar-refractivity contribution in [2.75, 3.05) is 13.7 Å². The molecule has 0 bridgehead atoms. The third-order valence-electron chi connectivity index (χ3n) is 7.10. The summed E-state index contributed by atoms with van der Waals surface area (Å²) in [6.45, 7) is 6.64. The van der Waals surface area contributed by atoms with E-state index >= 15 is 0 Å². The molecule has 0 spiro atoms.